The van der Waals surface area contributed by atoms with Crippen LogP contribution in [0.1, 0.15) is 44.5 Å². The Bertz CT molecular complexity index is 518. The van der Waals surface area contributed by atoms with Crippen molar-refractivity contribution in [2.75, 3.05) is 11.9 Å². The summed E-state index contributed by atoms with van der Waals surface area (Å²) in [4.78, 5) is 4.51. The highest BCUT2D eigenvalue weighted by Gasteiger charge is 2.12. The van der Waals surface area contributed by atoms with Crippen LogP contribution in [0, 0.1) is 0 Å². The van der Waals surface area contributed by atoms with Crippen LogP contribution in [0.25, 0.3) is 0 Å². The van der Waals surface area contributed by atoms with Crippen molar-refractivity contribution < 1.29 is 0 Å². The van der Waals surface area contributed by atoms with Gasteiger partial charge in [-0.1, -0.05) is 25.3 Å². The van der Waals surface area contributed by atoms with Crippen molar-refractivity contribution in [3.63, 3.8) is 0 Å². The van der Waals surface area contributed by atoms with E-state index in [2.05, 4.69) is 45.8 Å². The zero-order chi connectivity index (χ0) is 13.7. The molecule has 2 rings (SSSR count). The fraction of sp³-hybridized carbons (Fsp3) is 0.667. The summed E-state index contributed by atoms with van der Waals surface area (Å²) < 4.78 is 5.96. The van der Waals surface area contributed by atoms with Gasteiger partial charge in [-0.15, -0.1) is 5.10 Å². The minimum Gasteiger partial charge on any atom is -0.374 e. The molecule has 0 aliphatic heterocycles. The monoisotopic (exact) mass is 280 g/mol. The third-order valence-corrected chi connectivity index (χ3v) is 3.54. The van der Waals surface area contributed by atoms with Gasteiger partial charge in [0, 0.05) is 30.9 Å². The summed E-state index contributed by atoms with van der Waals surface area (Å²) in [7, 11) is 0. The number of nitrogens with zero attached hydrogens (tertiary/aromatic N) is 5. The highest BCUT2D eigenvalue weighted by atomic mass is 32.1. The third kappa shape index (κ3) is 3.28. The molecule has 6 nitrogen and oxygen atoms in total. The van der Waals surface area contributed by atoms with Crippen LogP contribution in [-0.4, -0.2) is 30.9 Å². The van der Waals surface area contributed by atoms with Gasteiger partial charge in [0.05, 0.1) is 6.54 Å². The topological polar surface area (TPSA) is 68.5 Å². The van der Waals surface area contributed by atoms with Crippen LogP contribution >= 0.6 is 11.5 Å². The predicted molar refractivity (Wildman–Crippen MR) is 76.6 cm³/mol. The molecule has 0 fully saturated rings. The summed E-state index contributed by atoms with van der Waals surface area (Å²) >= 11 is 1.40. The van der Waals surface area contributed by atoms with Crippen LogP contribution in [0.5, 0.6) is 0 Å². The Balaban J connectivity index is 2.16. The van der Waals surface area contributed by atoms with Gasteiger partial charge >= 0.3 is 0 Å². The minimum atomic E-state index is 0.638. The zero-order valence-corrected chi connectivity index (χ0v) is 12.5. The lowest BCUT2D eigenvalue weighted by Crippen LogP contribution is -2.09. The summed E-state index contributed by atoms with van der Waals surface area (Å²) in [6.07, 6.45) is 2.82. The molecule has 7 heteroatoms. The largest absolute Gasteiger partial charge is 0.374 e. The molecular formula is C12H20N6S. The molecular weight excluding hydrogens is 260 g/mol. The Labute approximate surface area is 117 Å². The van der Waals surface area contributed by atoms with Crippen LogP contribution in [-0.2, 0) is 19.4 Å². The molecule has 0 atom stereocenters. The van der Waals surface area contributed by atoms with Crippen molar-refractivity contribution in [1.29, 1.82) is 0 Å². The zero-order valence-electron chi connectivity index (χ0n) is 11.7. The van der Waals surface area contributed by atoms with E-state index in [-0.39, 0.29) is 0 Å². The van der Waals surface area contributed by atoms with Crippen molar-refractivity contribution in [1.82, 2.24) is 24.4 Å². The van der Waals surface area contributed by atoms with Crippen molar-refractivity contribution in [3.05, 3.63) is 17.3 Å². The van der Waals surface area contributed by atoms with E-state index in [1.807, 2.05) is 4.68 Å². The first-order valence-corrected chi connectivity index (χ1v) is 7.53. The lowest BCUT2D eigenvalue weighted by atomic mass is 10.4. The summed E-state index contributed by atoms with van der Waals surface area (Å²) in [6.45, 7) is 7.88. The van der Waals surface area contributed by atoms with Gasteiger partial charge in [-0.2, -0.15) is 5.10 Å². The van der Waals surface area contributed by atoms with E-state index in [0.717, 1.165) is 48.2 Å². The van der Waals surface area contributed by atoms with Crippen LogP contribution < -0.4 is 5.32 Å². The summed E-state index contributed by atoms with van der Waals surface area (Å²) in [5.41, 5.74) is 0.945. The molecule has 0 amide bonds. The summed E-state index contributed by atoms with van der Waals surface area (Å²) in [5, 5.41) is 13.1. The van der Waals surface area contributed by atoms with Gasteiger partial charge in [0.2, 0.25) is 0 Å². The normalized spacial score (nSPS) is 10.9. The maximum Gasteiger partial charge on any atom is 0.150 e. The van der Waals surface area contributed by atoms with Crippen molar-refractivity contribution >= 4 is 16.5 Å². The number of hydrogen-bond acceptors (Lipinski definition) is 6. The smallest absolute Gasteiger partial charge is 0.150 e. The molecule has 0 radical (unpaired) electrons. The van der Waals surface area contributed by atoms with Gasteiger partial charge in [0.15, 0.2) is 5.82 Å². The molecule has 0 aliphatic carbocycles. The van der Waals surface area contributed by atoms with E-state index in [1.54, 1.807) is 0 Å². The van der Waals surface area contributed by atoms with Gasteiger partial charge in [-0.3, -0.25) is 0 Å². The number of rotatable bonds is 7. The summed E-state index contributed by atoms with van der Waals surface area (Å²) in [6, 6.07) is 0. The van der Waals surface area contributed by atoms with Crippen molar-refractivity contribution in [2.24, 2.45) is 0 Å². The molecule has 0 spiro atoms. The molecule has 0 saturated carbocycles. The van der Waals surface area contributed by atoms with Gasteiger partial charge < -0.3 is 5.32 Å². The van der Waals surface area contributed by atoms with Gasteiger partial charge in [0.25, 0.3) is 0 Å². The highest BCUT2D eigenvalue weighted by Crippen LogP contribution is 2.19. The molecule has 0 bridgehead atoms. The fourth-order valence-corrected chi connectivity index (χ4v) is 2.39. The molecule has 0 saturated heterocycles. The molecule has 1 N–H and O–H groups in total. The Morgan fingerprint density at radius 2 is 2.05 bits per heavy atom. The lowest BCUT2D eigenvalue weighted by molar-refractivity contribution is 0.625. The Morgan fingerprint density at radius 3 is 2.74 bits per heavy atom. The van der Waals surface area contributed by atoms with Gasteiger partial charge in [-0.25, -0.2) is 9.67 Å². The standard InChI is InChI=1S/C12H20N6S/c1-4-7-13-12-9(15-17-19-12)8-18-11(6-3)14-10(5-2)16-18/h13H,4-8H2,1-3H3. The second-order valence-corrected chi connectivity index (χ2v) is 5.04. The van der Waals surface area contributed by atoms with Crippen LogP contribution in [0.3, 0.4) is 0 Å². The van der Waals surface area contributed by atoms with E-state index in [4.69, 9.17) is 0 Å². The molecule has 2 aromatic heterocycles. The first-order valence-electron chi connectivity index (χ1n) is 6.76. The Hall–Kier alpha value is -1.50. The van der Waals surface area contributed by atoms with E-state index < -0.39 is 0 Å². The van der Waals surface area contributed by atoms with Crippen molar-refractivity contribution in [3.8, 4) is 0 Å². The van der Waals surface area contributed by atoms with Crippen molar-refractivity contribution in [2.45, 2.75) is 46.6 Å². The molecule has 19 heavy (non-hydrogen) atoms. The van der Waals surface area contributed by atoms with Crippen LogP contribution in [0.2, 0.25) is 0 Å². The number of nitrogens with one attached hydrogen (secondary N) is 1. The number of hydrogen-bond donors (Lipinski definition) is 1. The maximum atomic E-state index is 4.51. The first kappa shape index (κ1) is 13.9. The van der Waals surface area contributed by atoms with E-state index in [0.29, 0.717) is 6.54 Å². The average Bonchev–Trinajstić information content (AvgIpc) is 3.03. The molecule has 2 heterocycles. The third-order valence-electron chi connectivity index (χ3n) is 2.82. The second kappa shape index (κ2) is 6.60. The van der Waals surface area contributed by atoms with E-state index in [9.17, 15) is 0 Å². The SMILES string of the molecule is CCCNc1snnc1Cn1nc(CC)nc1CC. The van der Waals surface area contributed by atoms with Gasteiger partial charge in [0.1, 0.15) is 16.5 Å². The Kier molecular flexibility index (Phi) is 4.84. The predicted octanol–water partition coefficient (Wildman–Crippen LogP) is 2.12. The molecule has 0 unspecified atom stereocenters. The molecule has 0 aromatic carbocycles. The minimum absolute atomic E-state index is 0.638. The average molecular weight is 280 g/mol. The fourth-order valence-electron chi connectivity index (χ4n) is 1.79. The molecule has 104 valence electrons. The number of aryl methyl sites for hydroxylation is 2. The molecule has 0 aliphatic rings. The lowest BCUT2D eigenvalue weighted by Gasteiger charge is -2.05. The van der Waals surface area contributed by atoms with Crippen LogP contribution in [0.4, 0.5) is 5.00 Å². The summed E-state index contributed by atoms with van der Waals surface area (Å²) in [5.74, 6) is 1.90. The highest BCUT2D eigenvalue weighted by molar-refractivity contribution is 7.10. The van der Waals surface area contributed by atoms with E-state index >= 15 is 0 Å². The molecule has 2 aromatic rings. The van der Waals surface area contributed by atoms with Crippen LogP contribution in [0.15, 0.2) is 0 Å². The number of aromatic nitrogens is 5. The maximum absolute atomic E-state index is 4.51. The first-order chi connectivity index (χ1) is 9.28. The number of anilines is 1. The quantitative estimate of drug-likeness (QED) is 0.841. The van der Waals surface area contributed by atoms with Gasteiger partial charge in [-0.05, 0) is 6.42 Å². The second-order valence-electron chi connectivity index (χ2n) is 4.28. The Morgan fingerprint density at radius 1 is 1.21 bits per heavy atom. The van der Waals surface area contributed by atoms with E-state index in [1.165, 1.54) is 11.5 Å².